The number of hydrogen-bond acceptors (Lipinski definition) is 5. The fourth-order valence-electron chi connectivity index (χ4n) is 4.01. The third-order valence-corrected chi connectivity index (χ3v) is 5.76. The molecule has 2 aliphatic rings. The molecule has 2 heterocycles. The summed E-state index contributed by atoms with van der Waals surface area (Å²) in [5.41, 5.74) is 1.53. The summed E-state index contributed by atoms with van der Waals surface area (Å²) < 4.78 is 0. The Morgan fingerprint density at radius 2 is 1.97 bits per heavy atom. The van der Waals surface area contributed by atoms with Crippen LogP contribution < -0.4 is 0 Å². The number of piperidine rings is 2. The van der Waals surface area contributed by atoms with E-state index in [1.54, 1.807) is 9.96 Å². The molecule has 7 nitrogen and oxygen atoms in total. The van der Waals surface area contributed by atoms with E-state index in [-0.39, 0.29) is 11.8 Å². The molecule has 2 fully saturated rings. The fourth-order valence-corrected chi connectivity index (χ4v) is 4.01. The van der Waals surface area contributed by atoms with E-state index in [0.29, 0.717) is 57.6 Å². The Balaban J connectivity index is 1.44. The number of carboxylic acids is 1. The smallest absolute Gasteiger partial charge is 0.308 e. The molecule has 1 aromatic rings. The quantitative estimate of drug-likeness (QED) is 0.708. The van der Waals surface area contributed by atoms with Crippen molar-refractivity contribution in [2.75, 3.05) is 19.6 Å². The molecular formula is C22H28N2O5. The second-order valence-corrected chi connectivity index (χ2v) is 7.82. The highest BCUT2D eigenvalue weighted by molar-refractivity contribution is 5.78. The molecule has 2 atom stereocenters. The molecule has 0 aromatic heterocycles. The Morgan fingerprint density at radius 3 is 2.69 bits per heavy atom. The Kier molecular flexibility index (Phi) is 7.44. The van der Waals surface area contributed by atoms with Crippen molar-refractivity contribution in [3.8, 4) is 0 Å². The number of likely N-dealkylation sites (tertiary alicyclic amines) is 1. The first-order valence-electron chi connectivity index (χ1n) is 10.3. The van der Waals surface area contributed by atoms with Gasteiger partial charge in [0.15, 0.2) is 0 Å². The first kappa shape index (κ1) is 21.1. The van der Waals surface area contributed by atoms with Gasteiger partial charge in [-0.05, 0) is 37.2 Å². The molecule has 0 radical (unpaired) electrons. The van der Waals surface area contributed by atoms with Crippen LogP contribution in [0.5, 0.6) is 0 Å². The number of nitrogens with zero attached hydrogens (tertiary/aromatic N) is 2. The van der Waals surface area contributed by atoms with Crippen LogP contribution in [0, 0.1) is 11.8 Å². The molecule has 7 heteroatoms. The van der Waals surface area contributed by atoms with Crippen LogP contribution in [-0.2, 0) is 25.8 Å². The zero-order chi connectivity index (χ0) is 20.6. The van der Waals surface area contributed by atoms with Crippen LogP contribution in [-0.4, -0.2) is 52.5 Å². The molecule has 2 saturated heterocycles. The van der Waals surface area contributed by atoms with E-state index in [4.69, 9.17) is 4.84 Å². The molecule has 0 spiro atoms. The Hall–Kier alpha value is -2.63. The Bertz CT molecular complexity index is 760. The molecule has 0 bridgehead atoms. The molecule has 0 saturated carbocycles. The predicted molar refractivity (Wildman–Crippen MR) is 106 cm³/mol. The van der Waals surface area contributed by atoms with Crippen molar-refractivity contribution in [3.05, 3.63) is 41.6 Å². The summed E-state index contributed by atoms with van der Waals surface area (Å²) in [4.78, 5) is 42.5. The number of carbonyl (C=O) groups is 2. The van der Waals surface area contributed by atoms with E-state index in [2.05, 4.69) is 0 Å². The van der Waals surface area contributed by atoms with E-state index in [1.807, 2.05) is 36.3 Å². The number of aliphatic carboxylic acids is 1. The second-order valence-electron chi connectivity index (χ2n) is 7.82. The van der Waals surface area contributed by atoms with Crippen molar-refractivity contribution in [2.24, 2.45) is 11.8 Å². The topological polar surface area (TPSA) is 87.2 Å². The van der Waals surface area contributed by atoms with Gasteiger partial charge in [0, 0.05) is 32.5 Å². The number of carbonyl (C=O) groups excluding carboxylic acids is 2. The van der Waals surface area contributed by atoms with Gasteiger partial charge >= 0.3 is 5.97 Å². The van der Waals surface area contributed by atoms with E-state index < -0.39 is 11.9 Å². The van der Waals surface area contributed by atoms with Crippen molar-refractivity contribution >= 4 is 17.8 Å². The highest BCUT2D eigenvalue weighted by Crippen LogP contribution is 2.29. The SMILES string of the molecule is O=C=C1CC(CCC(=O)N2CCC[C@@H](C(=O)O)C2)CCN1OCc1ccccc1. The van der Waals surface area contributed by atoms with Gasteiger partial charge in [-0.1, -0.05) is 30.3 Å². The first-order valence-corrected chi connectivity index (χ1v) is 10.3. The zero-order valence-corrected chi connectivity index (χ0v) is 16.6. The molecule has 1 N–H and O–H groups in total. The predicted octanol–water partition coefficient (Wildman–Crippen LogP) is 2.65. The Labute approximate surface area is 170 Å². The maximum Gasteiger partial charge on any atom is 0.308 e. The van der Waals surface area contributed by atoms with Crippen LogP contribution in [0.25, 0.3) is 0 Å². The second kappa shape index (κ2) is 10.2. The molecule has 156 valence electrons. The van der Waals surface area contributed by atoms with Gasteiger partial charge in [-0.3, -0.25) is 14.4 Å². The van der Waals surface area contributed by atoms with Crippen LogP contribution in [0.3, 0.4) is 0 Å². The monoisotopic (exact) mass is 400 g/mol. The average molecular weight is 400 g/mol. The number of benzene rings is 1. The molecule has 2 aliphatic heterocycles. The van der Waals surface area contributed by atoms with Crippen LogP contribution in [0.15, 0.2) is 36.0 Å². The van der Waals surface area contributed by atoms with Crippen molar-refractivity contribution in [1.82, 2.24) is 9.96 Å². The van der Waals surface area contributed by atoms with Crippen molar-refractivity contribution in [1.29, 1.82) is 0 Å². The third kappa shape index (κ3) is 5.92. The van der Waals surface area contributed by atoms with Crippen LogP contribution >= 0.6 is 0 Å². The molecule has 0 aliphatic carbocycles. The fraction of sp³-hybridized carbons (Fsp3) is 0.545. The van der Waals surface area contributed by atoms with Gasteiger partial charge in [0.25, 0.3) is 0 Å². The molecular weight excluding hydrogens is 372 g/mol. The molecule has 1 unspecified atom stereocenters. The molecule has 29 heavy (non-hydrogen) atoms. The molecule has 1 amide bonds. The number of hydrogen-bond donors (Lipinski definition) is 1. The van der Waals surface area contributed by atoms with Crippen LogP contribution in [0.2, 0.25) is 0 Å². The number of carboxylic acid groups (broad SMARTS) is 1. The first-order chi connectivity index (χ1) is 14.1. The van der Waals surface area contributed by atoms with Crippen molar-refractivity contribution < 1.29 is 24.3 Å². The molecule has 1 aromatic carbocycles. The summed E-state index contributed by atoms with van der Waals surface area (Å²) in [7, 11) is 0. The number of amides is 1. The third-order valence-electron chi connectivity index (χ3n) is 5.76. The normalized spacial score (nSPS) is 22.3. The maximum atomic E-state index is 12.5. The van der Waals surface area contributed by atoms with E-state index in [0.717, 1.165) is 18.4 Å². The largest absolute Gasteiger partial charge is 0.481 e. The number of rotatable bonds is 7. The summed E-state index contributed by atoms with van der Waals surface area (Å²) in [6, 6.07) is 9.77. The van der Waals surface area contributed by atoms with Crippen LogP contribution in [0.4, 0.5) is 0 Å². The van der Waals surface area contributed by atoms with Crippen molar-refractivity contribution in [2.45, 2.75) is 45.1 Å². The van der Waals surface area contributed by atoms with Crippen LogP contribution in [0.1, 0.15) is 44.1 Å². The minimum Gasteiger partial charge on any atom is -0.481 e. The van der Waals surface area contributed by atoms with Gasteiger partial charge in [-0.2, -0.15) is 0 Å². The minimum absolute atomic E-state index is 0.00957. The minimum atomic E-state index is -0.828. The zero-order valence-electron chi connectivity index (χ0n) is 16.6. The van der Waals surface area contributed by atoms with E-state index >= 15 is 0 Å². The number of allylic oxidation sites excluding steroid dienone is 1. The van der Waals surface area contributed by atoms with Gasteiger partial charge in [0.1, 0.15) is 11.6 Å². The van der Waals surface area contributed by atoms with E-state index in [9.17, 15) is 19.5 Å². The van der Waals surface area contributed by atoms with Gasteiger partial charge in [-0.15, -0.1) is 0 Å². The van der Waals surface area contributed by atoms with E-state index in [1.165, 1.54) is 0 Å². The lowest BCUT2D eigenvalue weighted by molar-refractivity contribution is -0.155. The number of hydroxylamine groups is 2. The lowest BCUT2D eigenvalue weighted by atomic mass is 9.90. The summed E-state index contributed by atoms with van der Waals surface area (Å²) in [5, 5.41) is 10.8. The standard InChI is InChI=1S/C22H28N2O5/c25-15-20-13-17(10-12-24(20)29-16-18-5-2-1-3-6-18)8-9-21(26)23-11-4-7-19(14-23)22(27)28/h1-3,5-6,17,19H,4,7-14,16H2,(H,27,28)/t17?,19-/m1/s1. The summed E-state index contributed by atoms with van der Waals surface area (Å²) >= 11 is 0. The van der Waals surface area contributed by atoms with Gasteiger partial charge in [0.2, 0.25) is 5.91 Å². The Morgan fingerprint density at radius 1 is 1.17 bits per heavy atom. The summed E-state index contributed by atoms with van der Waals surface area (Å²) in [6.07, 6.45) is 3.82. The van der Waals surface area contributed by atoms with Gasteiger partial charge in [-0.25, -0.2) is 9.86 Å². The van der Waals surface area contributed by atoms with Crippen molar-refractivity contribution in [3.63, 3.8) is 0 Å². The lowest BCUT2D eigenvalue weighted by Gasteiger charge is -2.34. The molecule has 3 rings (SSSR count). The highest BCUT2D eigenvalue weighted by Gasteiger charge is 2.29. The van der Waals surface area contributed by atoms with Gasteiger partial charge < -0.3 is 10.0 Å². The lowest BCUT2D eigenvalue weighted by Crippen LogP contribution is -2.42. The van der Waals surface area contributed by atoms with Gasteiger partial charge in [0.05, 0.1) is 12.5 Å². The summed E-state index contributed by atoms with van der Waals surface area (Å²) in [6.45, 7) is 1.93. The average Bonchev–Trinajstić information content (AvgIpc) is 2.77. The maximum absolute atomic E-state index is 12.5. The summed E-state index contributed by atoms with van der Waals surface area (Å²) in [5.74, 6) is 0.951. The highest BCUT2D eigenvalue weighted by atomic mass is 16.7.